The number of fused-ring (bicyclic) bond motifs is 2. The maximum atomic E-state index is 15.7. The SMILES string of the molecule is CCN(C)SNc1ccc(F)c(Oc2ccc3ncn(C4CCCCC(C(=O)CC5CCN(c6cc7c(cc6F)c(N6CCC(=O)NC6=O)nn7C)CC5)CC4)c(=O)c3c2)c1C#N. The van der Waals surface area contributed by atoms with Gasteiger partial charge in [-0.3, -0.25) is 33.8 Å². The van der Waals surface area contributed by atoms with Gasteiger partial charge >= 0.3 is 6.03 Å². The number of carbonyl (C=O) groups excluding carboxylic acids is 3. The van der Waals surface area contributed by atoms with Gasteiger partial charge in [0, 0.05) is 75.5 Å². The Bertz CT molecular complexity index is 2680. The van der Waals surface area contributed by atoms with Crippen LogP contribution in [0.2, 0.25) is 0 Å². The van der Waals surface area contributed by atoms with Crippen LogP contribution >= 0.6 is 12.1 Å². The van der Waals surface area contributed by atoms with E-state index in [1.807, 2.05) is 29.2 Å². The van der Waals surface area contributed by atoms with E-state index in [2.05, 4.69) is 20.1 Å². The lowest BCUT2D eigenvalue weighted by Crippen LogP contribution is -2.49. The van der Waals surface area contributed by atoms with Gasteiger partial charge in [0.1, 0.15) is 29.0 Å². The van der Waals surface area contributed by atoms with Crippen molar-refractivity contribution in [2.75, 3.05) is 47.7 Å². The molecule has 1 aliphatic carbocycles. The van der Waals surface area contributed by atoms with E-state index in [0.29, 0.717) is 71.4 Å². The van der Waals surface area contributed by atoms with Crippen molar-refractivity contribution in [2.45, 2.75) is 77.2 Å². The number of aryl methyl sites for hydroxylation is 1. The summed E-state index contributed by atoms with van der Waals surface area (Å²) in [6.45, 7) is 4.07. The lowest BCUT2D eigenvalue weighted by Gasteiger charge is -2.34. The third kappa shape index (κ3) is 9.21. The summed E-state index contributed by atoms with van der Waals surface area (Å²) in [5.41, 5.74) is 1.71. The molecule has 2 saturated heterocycles. The number of aromatic nitrogens is 4. The van der Waals surface area contributed by atoms with Gasteiger partial charge in [0.15, 0.2) is 17.4 Å². The van der Waals surface area contributed by atoms with Crippen LogP contribution in [0.1, 0.15) is 82.7 Å². The molecular formula is C45H50F2N10O5S. The number of ether oxygens (including phenoxy) is 1. The molecule has 330 valence electrons. The zero-order valence-corrected chi connectivity index (χ0v) is 36.3. The molecule has 1 saturated carbocycles. The van der Waals surface area contributed by atoms with Gasteiger partial charge in [-0.15, -0.1) is 0 Å². The van der Waals surface area contributed by atoms with Crippen molar-refractivity contribution in [3.05, 3.63) is 76.3 Å². The van der Waals surface area contributed by atoms with E-state index in [4.69, 9.17) is 4.74 Å². The van der Waals surface area contributed by atoms with Crippen molar-refractivity contribution in [3.63, 3.8) is 0 Å². The summed E-state index contributed by atoms with van der Waals surface area (Å²) in [6.07, 6.45) is 8.21. The molecule has 2 atom stereocenters. The number of halogens is 2. The number of benzene rings is 3. The lowest BCUT2D eigenvalue weighted by atomic mass is 9.81. The van der Waals surface area contributed by atoms with Crippen LogP contribution in [0, 0.1) is 34.8 Å². The molecule has 2 unspecified atom stereocenters. The minimum Gasteiger partial charge on any atom is -0.453 e. The number of anilines is 3. The summed E-state index contributed by atoms with van der Waals surface area (Å²) in [6, 6.07) is 11.9. The molecule has 2 N–H and O–H groups in total. The second kappa shape index (κ2) is 18.7. The van der Waals surface area contributed by atoms with Crippen molar-refractivity contribution >= 4 is 68.9 Å². The van der Waals surface area contributed by atoms with Crippen LogP contribution in [-0.4, -0.2) is 74.6 Å². The number of hydrogen-bond donors (Lipinski definition) is 2. The number of Topliss-reactive ketones (excluding diaryl/α,β-unsaturated/α-hetero) is 1. The Hall–Kier alpha value is -6.06. The number of piperidine rings is 1. The van der Waals surface area contributed by atoms with Crippen LogP contribution < -0.4 is 30.1 Å². The maximum absolute atomic E-state index is 15.7. The molecule has 18 heteroatoms. The topological polar surface area (TPSA) is 171 Å². The fraction of sp³-hybridized carbons (Fsp3) is 0.444. The van der Waals surface area contributed by atoms with Gasteiger partial charge in [-0.05, 0) is 94.0 Å². The van der Waals surface area contributed by atoms with Crippen molar-refractivity contribution in [1.82, 2.24) is 29.0 Å². The summed E-state index contributed by atoms with van der Waals surface area (Å²) >= 11 is 1.27. The van der Waals surface area contributed by atoms with Crippen LogP contribution in [0.15, 0.2) is 53.6 Å². The van der Waals surface area contributed by atoms with Crippen molar-refractivity contribution in [1.29, 1.82) is 5.26 Å². The van der Waals surface area contributed by atoms with Gasteiger partial charge in [0.05, 0.1) is 34.1 Å². The second-order valence-electron chi connectivity index (χ2n) is 16.6. The molecular weight excluding hydrogens is 831 g/mol. The summed E-state index contributed by atoms with van der Waals surface area (Å²) in [5, 5.41) is 17.5. The average Bonchev–Trinajstić information content (AvgIpc) is 3.58. The number of urea groups is 1. The first-order valence-electron chi connectivity index (χ1n) is 21.5. The Morgan fingerprint density at radius 3 is 2.56 bits per heavy atom. The molecule has 8 rings (SSSR count). The molecule has 4 heterocycles. The maximum Gasteiger partial charge on any atom is 0.329 e. The minimum atomic E-state index is -0.712. The van der Waals surface area contributed by atoms with E-state index < -0.39 is 17.7 Å². The number of nitriles is 1. The van der Waals surface area contributed by atoms with Crippen molar-refractivity contribution in [2.24, 2.45) is 18.9 Å². The fourth-order valence-corrected chi connectivity index (χ4v) is 9.49. The number of ketones is 1. The molecule has 3 aromatic carbocycles. The molecule has 2 aliphatic heterocycles. The van der Waals surface area contributed by atoms with E-state index >= 15 is 8.78 Å². The molecule has 0 bridgehead atoms. The largest absolute Gasteiger partial charge is 0.453 e. The third-order valence-corrected chi connectivity index (χ3v) is 13.5. The second-order valence-corrected chi connectivity index (χ2v) is 17.6. The predicted octanol–water partition coefficient (Wildman–Crippen LogP) is 7.99. The van der Waals surface area contributed by atoms with E-state index in [-0.39, 0.29) is 65.2 Å². The Kier molecular flexibility index (Phi) is 13.0. The normalized spacial score (nSPS) is 18.9. The van der Waals surface area contributed by atoms with Crippen LogP contribution in [0.3, 0.4) is 0 Å². The Labute approximate surface area is 367 Å². The first-order valence-corrected chi connectivity index (χ1v) is 22.3. The predicted molar refractivity (Wildman–Crippen MR) is 238 cm³/mol. The minimum absolute atomic E-state index is 0.00232. The summed E-state index contributed by atoms with van der Waals surface area (Å²) in [5.74, 6) is -0.954. The van der Waals surface area contributed by atoms with Gasteiger partial charge in [-0.25, -0.2) is 22.9 Å². The molecule has 0 radical (unpaired) electrons. The highest BCUT2D eigenvalue weighted by molar-refractivity contribution is 7.98. The Morgan fingerprint density at radius 2 is 1.79 bits per heavy atom. The van der Waals surface area contributed by atoms with E-state index in [0.717, 1.165) is 45.1 Å². The number of nitrogens with zero attached hydrogens (tertiary/aromatic N) is 8. The smallest absolute Gasteiger partial charge is 0.329 e. The molecule has 2 aromatic heterocycles. The zero-order chi connectivity index (χ0) is 44.4. The number of hydrogen-bond acceptors (Lipinski definition) is 12. The molecule has 5 aromatic rings. The third-order valence-electron chi connectivity index (χ3n) is 12.6. The van der Waals surface area contributed by atoms with Crippen LogP contribution in [-0.2, 0) is 16.6 Å². The standard InChI is InChI=1S/C45H50F2N10O5S/c1-4-53(2)63-52-37-14-12-34(46)42(33(37)25-48)62-30-11-13-36-31(22-30)44(60)57(26-49-36)29-8-6-5-7-28(9-10-29)40(58)21-27-15-18-55(19-16-27)39-24-38-32(23-35(39)47)43(51-54(38)3)56-20-17-41(59)50-45(56)61/h11-14,22-24,26-29,52H,4-10,15-21H2,1-3H3,(H,50,59,61). The number of carbonyl (C=O) groups is 3. The highest BCUT2D eigenvalue weighted by atomic mass is 32.2. The average molecular weight is 881 g/mol. The quantitative estimate of drug-likeness (QED) is 0.116. The Morgan fingerprint density at radius 1 is 1.00 bits per heavy atom. The van der Waals surface area contributed by atoms with E-state index in [1.54, 1.807) is 40.8 Å². The molecule has 63 heavy (non-hydrogen) atoms. The highest BCUT2D eigenvalue weighted by Crippen LogP contribution is 2.38. The first kappa shape index (κ1) is 43.6. The molecule has 3 amide bonds. The van der Waals surface area contributed by atoms with Gasteiger partial charge < -0.3 is 14.4 Å². The Balaban J connectivity index is 0.898. The molecule has 0 spiro atoms. The van der Waals surface area contributed by atoms with Crippen molar-refractivity contribution in [3.8, 4) is 17.6 Å². The summed E-state index contributed by atoms with van der Waals surface area (Å²) in [7, 11) is 3.62. The summed E-state index contributed by atoms with van der Waals surface area (Å²) < 4.78 is 45.1. The van der Waals surface area contributed by atoms with Gasteiger partial charge in [0.25, 0.3) is 5.56 Å². The molecule has 15 nitrogen and oxygen atoms in total. The molecule has 3 fully saturated rings. The van der Waals surface area contributed by atoms with Gasteiger partial charge in [-0.1, -0.05) is 19.8 Å². The van der Waals surface area contributed by atoms with Gasteiger partial charge in [-0.2, -0.15) is 10.4 Å². The fourth-order valence-electron chi connectivity index (χ4n) is 8.94. The first-order chi connectivity index (χ1) is 30.4. The highest BCUT2D eigenvalue weighted by Gasteiger charge is 2.31. The van der Waals surface area contributed by atoms with E-state index in [1.165, 1.54) is 41.3 Å². The number of amides is 3. The number of rotatable bonds is 12. The number of nitrogens with one attached hydrogen (secondary N) is 2. The van der Waals surface area contributed by atoms with Crippen LogP contribution in [0.5, 0.6) is 11.5 Å². The lowest BCUT2D eigenvalue weighted by molar-refractivity contribution is -0.124. The van der Waals surface area contributed by atoms with E-state index in [9.17, 15) is 24.4 Å². The zero-order valence-electron chi connectivity index (χ0n) is 35.5. The van der Waals surface area contributed by atoms with Crippen LogP contribution in [0.25, 0.3) is 21.8 Å². The number of imide groups is 1. The van der Waals surface area contributed by atoms with Crippen molar-refractivity contribution < 1.29 is 27.9 Å². The summed E-state index contributed by atoms with van der Waals surface area (Å²) in [4.78, 5) is 60.1. The van der Waals surface area contributed by atoms with Crippen LogP contribution in [0.4, 0.5) is 30.8 Å². The monoisotopic (exact) mass is 880 g/mol. The molecule has 3 aliphatic rings. The van der Waals surface area contributed by atoms with Gasteiger partial charge in [0.2, 0.25) is 5.91 Å².